The van der Waals surface area contributed by atoms with Gasteiger partial charge in [0.25, 0.3) is 0 Å². The van der Waals surface area contributed by atoms with E-state index in [1.165, 1.54) is 19.1 Å². The molecule has 4 nitrogen and oxygen atoms in total. The Morgan fingerprint density at radius 2 is 1.55 bits per heavy atom. The Hall–Kier alpha value is -2.05. The fraction of sp³-hybridized carbons (Fsp3) is 0.467. The van der Waals surface area contributed by atoms with E-state index in [0.29, 0.717) is 0 Å². The topological polar surface area (TPSA) is 58.2 Å². The number of anilines is 1. The molecule has 7 heteroatoms. The number of amides is 2. The van der Waals surface area contributed by atoms with Crippen LogP contribution in [-0.2, 0) is 15.8 Å². The zero-order valence-corrected chi connectivity index (χ0v) is 12.8. The molecule has 0 heterocycles. The maximum Gasteiger partial charge on any atom is 0.416 e. The van der Waals surface area contributed by atoms with Crippen molar-refractivity contribution >= 4 is 17.5 Å². The Kier molecular flexibility index (Phi) is 5.22. The predicted octanol–water partition coefficient (Wildman–Crippen LogP) is 3.19. The average molecular weight is 316 g/mol. The molecule has 0 spiro atoms. The van der Waals surface area contributed by atoms with Crippen LogP contribution in [-0.4, -0.2) is 17.9 Å². The summed E-state index contributed by atoms with van der Waals surface area (Å²) in [5.41, 5.74) is -1.20. The first kappa shape index (κ1) is 18.0. The summed E-state index contributed by atoms with van der Waals surface area (Å²) >= 11 is 0. The normalized spacial score (nSPS) is 13.4. The number of carbonyl (C=O) groups is 2. The first-order valence-corrected chi connectivity index (χ1v) is 6.70. The molecule has 2 N–H and O–H groups in total. The quantitative estimate of drug-likeness (QED) is 0.900. The summed E-state index contributed by atoms with van der Waals surface area (Å²) in [6.07, 6.45) is -4.42. The molecule has 0 saturated heterocycles. The largest absolute Gasteiger partial charge is 0.416 e. The predicted molar refractivity (Wildman–Crippen MR) is 77.1 cm³/mol. The number of benzene rings is 1. The molecule has 0 aliphatic rings. The van der Waals surface area contributed by atoms with Crippen molar-refractivity contribution in [1.82, 2.24) is 5.32 Å². The van der Waals surface area contributed by atoms with Gasteiger partial charge in [-0.3, -0.25) is 9.59 Å². The van der Waals surface area contributed by atoms with E-state index in [-0.39, 0.29) is 11.6 Å². The van der Waals surface area contributed by atoms with Crippen molar-refractivity contribution in [3.05, 3.63) is 29.8 Å². The molecule has 122 valence electrons. The maximum absolute atomic E-state index is 12.4. The summed E-state index contributed by atoms with van der Waals surface area (Å²) in [5, 5.41) is 5.00. The van der Waals surface area contributed by atoms with Gasteiger partial charge in [-0.2, -0.15) is 13.2 Å². The van der Waals surface area contributed by atoms with E-state index in [1.54, 1.807) is 20.8 Å². The number of alkyl halides is 3. The molecule has 1 rings (SSSR count). The van der Waals surface area contributed by atoms with Crippen molar-refractivity contribution in [2.24, 2.45) is 5.41 Å². The second-order valence-corrected chi connectivity index (χ2v) is 6.01. The van der Waals surface area contributed by atoms with Gasteiger partial charge in [0.05, 0.1) is 5.56 Å². The van der Waals surface area contributed by atoms with Crippen molar-refractivity contribution in [1.29, 1.82) is 0 Å². The fourth-order valence-corrected chi connectivity index (χ4v) is 1.47. The minimum Gasteiger partial charge on any atom is -0.344 e. The van der Waals surface area contributed by atoms with Crippen LogP contribution >= 0.6 is 0 Å². The average Bonchev–Trinajstić information content (AvgIpc) is 2.36. The lowest BCUT2D eigenvalue weighted by atomic mass is 9.95. The highest BCUT2D eigenvalue weighted by atomic mass is 19.4. The second kappa shape index (κ2) is 6.37. The lowest BCUT2D eigenvalue weighted by molar-refractivity contribution is -0.137. The van der Waals surface area contributed by atoms with Crippen LogP contribution in [0.25, 0.3) is 0 Å². The van der Waals surface area contributed by atoms with Gasteiger partial charge in [-0.1, -0.05) is 20.8 Å². The summed E-state index contributed by atoms with van der Waals surface area (Å²) in [7, 11) is 0. The molecule has 0 fully saturated rings. The summed E-state index contributed by atoms with van der Waals surface area (Å²) < 4.78 is 37.3. The molecular weight excluding hydrogens is 297 g/mol. The van der Waals surface area contributed by atoms with Crippen LogP contribution < -0.4 is 10.6 Å². The van der Waals surface area contributed by atoms with E-state index in [2.05, 4.69) is 10.6 Å². The van der Waals surface area contributed by atoms with Gasteiger partial charge in [-0.25, -0.2) is 0 Å². The number of hydrogen-bond donors (Lipinski definition) is 2. The fourth-order valence-electron chi connectivity index (χ4n) is 1.47. The van der Waals surface area contributed by atoms with Gasteiger partial charge in [-0.05, 0) is 31.2 Å². The smallest absolute Gasteiger partial charge is 0.344 e. The Morgan fingerprint density at radius 3 is 1.95 bits per heavy atom. The third-order valence-electron chi connectivity index (χ3n) is 2.90. The van der Waals surface area contributed by atoms with Crippen molar-refractivity contribution in [2.75, 3.05) is 5.32 Å². The molecule has 22 heavy (non-hydrogen) atoms. The van der Waals surface area contributed by atoms with Crippen molar-refractivity contribution in [2.45, 2.75) is 39.9 Å². The summed E-state index contributed by atoms with van der Waals surface area (Å²) in [5.74, 6) is -0.792. The molecule has 0 saturated carbocycles. The molecule has 1 aromatic rings. The Morgan fingerprint density at radius 1 is 1.05 bits per heavy atom. The van der Waals surface area contributed by atoms with Gasteiger partial charge in [-0.15, -0.1) is 0 Å². The maximum atomic E-state index is 12.4. The highest BCUT2D eigenvalue weighted by molar-refractivity contribution is 5.97. The molecule has 1 aromatic carbocycles. The van der Waals surface area contributed by atoms with Crippen molar-refractivity contribution in [3.63, 3.8) is 0 Å². The lowest BCUT2D eigenvalue weighted by Crippen LogP contribution is -2.46. The Balaban J connectivity index is 2.67. The van der Waals surface area contributed by atoms with Crippen LogP contribution in [0.4, 0.5) is 18.9 Å². The van der Waals surface area contributed by atoms with Gasteiger partial charge in [0.1, 0.15) is 6.04 Å². The summed E-state index contributed by atoms with van der Waals surface area (Å²) in [6, 6.07) is 3.30. The SMILES string of the molecule is CC(NC(=O)C(C)(C)C)C(=O)Nc1ccc(C(F)(F)F)cc1. The zero-order chi connectivity index (χ0) is 17.1. The third kappa shape index (κ3) is 5.05. The third-order valence-corrected chi connectivity index (χ3v) is 2.90. The summed E-state index contributed by atoms with van der Waals surface area (Å²) in [6.45, 7) is 6.64. The number of rotatable bonds is 3. The van der Waals surface area contributed by atoms with Crippen LogP contribution in [0.15, 0.2) is 24.3 Å². The summed E-state index contributed by atoms with van der Waals surface area (Å²) in [4.78, 5) is 23.7. The molecular formula is C15H19F3N2O2. The standard InChI is InChI=1S/C15H19F3N2O2/c1-9(19-13(22)14(2,3)4)12(21)20-11-7-5-10(6-8-11)15(16,17)18/h5-9H,1-4H3,(H,19,22)(H,20,21). The minimum atomic E-state index is -4.42. The molecule has 1 unspecified atom stereocenters. The lowest BCUT2D eigenvalue weighted by Gasteiger charge is -2.21. The number of carbonyl (C=O) groups excluding carboxylic acids is 2. The zero-order valence-electron chi connectivity index (χ0n) is 12.8. The molecule has 0 aliphatic heterocycles. The van der Waals surface area contributed by atoms with Crippen LogP contribution in [0.5, 0.6) is 0 Å². The van der Waals surface area contributed by atoms with Crippen LogP contribution in [0.3, 0.4) is 0 Å². The molecule has 0 bridgehead atoms. The monoisotopic (exact) mass is 316 g/mol. The Labute approximate surface area is 127 Å². The van der Waals surface area contributed by atoms with Crippen molar-refractivity contribution in [3.8, 4) is 0 Å². The highest BCUT2D eigenvalue weighted by Gasteiger charge is 2.30. The van der Waals surface area contributed by atoms with E-state index in [0.717, 1.165) is 12.1 Å². The Bertz CT molecular complexity index is 545. The number of halogens is 3. The highest BCUT2D eigenvalue weighted by Crippen LogP contribution is 2.29. The van der Waals surface area contributed by atoms with E-state index in [1.807, 2.05) is 0 Å². The van der Waals surface area contributed by atoms with Crippen molar-refractivity contribution < 1.29 is 22.8 Å². The van der Waals surface area contributed by atoms with Gasteiger partial charge >= 0.3 is 6.18 Å². The number of hydrogen-bond acceptors (Lipinski definition) is 2. The van der Waals surface area contributed by atoms with Crippen LogP contribution in [0.2, 0.25) is 0 Å². The molecule has 0 aromatic heterocycles. The first-order chi connectivity index (χ1) is 9.91. The molecule has 0 aliphatic carbocycles. The molecule has 0 radical (unpaired) electrons. The minimum absolute atomic E-state index is 0.231. The first-order valence-electron chi connectivity index (χ1n) is 6.70. The van der Waals surface area contributed by atoms with E-state index in [9.17, 15) is 22.8 Å². The van der Waals surface area contributed by atoms with E-state index in [4.69, 9.17) is 0 Å². The van der Waals surface area contributed by atoms with Crippen LogP contribution in [0.1, 0.15) is 33.3 Å². The van der Waals surface area contributed by atoms with Gasteiger partial charge in [0.2, 0.25) is 11.8 Å². The van der Waals surface area contributed by atoms with Gasteiger partial charge in [0.15, 0.2) is 0 Å². The van der Waals surface area contributed by atoms with Gasteiger partial charge in [0, 0.05) is 11.1 Å². The number of nitrogens with one attached hydrogen (secondary N) is 2. The molecule has 1 atom stereocenters. The second-order valence-electron chi connectivity index (χ2n) is 6.01. The van der Waals surface area contributed by atoms with Gasteiger partial charge < -0.3 is 10.6 Å². The van der Waals surface area contributed by atoms with E-state index < -0.39 is 29.1 Å². The molecule has 2 amide bonds. The van der Waals surface area contributed by atoms with Crippen LogP contribution in [0, 0.1) is 5.41 Å². The van der Waals surface area contributed by atoms with E-state index >= 15 is 0 Å².